The number of nitrogens with zero attached hydrogens (tertiary/aromatic N) is 2. The molecule has 7 nitrogen and oxygen atoms in total. The zero-order chi connectivity index (χ0) is 24.9. The van der Waals surface area contributed by atoms with Gasteiger partial charge in [0.15, 0.2) is 11.6 Å². The fraction of sp³-hybridized carbons (Fsp3) is 0.407. The third-order valence-electron chi connectivity index (χ3n) is 7.30. The van der Waals surface area contributed by atoms with Crippen LogP contribution in [0.5, 0.6) is 5.75 Å². The van der Waals surface area contributed by atoms with Gasteiger partial charge in [0, 0.05) is 40.7 Å². The van der Waals surface area contributed by atoms with Gasteiger partial charge >= 0.3 is 5.97 Å². The summed E-state index contributed by atoms with van der Waals surface area (Å²) in [6.45, 7) is 4.72. The van der Waals surface area contributed by atoms with Gasteiger partial charge in [0.25, 0.3) is 0 Å². The number of carboxylic acids is 1. The van der Waals surface area contributed by atoms with Crippen molar-refractivity contribution in [2.24, 2.45) is 5.92 Å². The number of aromatic amines is 1. The number of fused-ring (bicyclic) bond motifs is 2. The molecular weight excluding hydrogens is 449 g/mol. The topological polar surface area (TPSA) is 89.4 Å². The number of aromatic nitrogens is 3. The molecule has 2 aromatic heterocycles. The van der Waals surface area contributed by atoms with Gasteiger partial charge in [-0.1, -0.05) is 13.8 Å². The van der Waals surface area contributed by atoms with Crippen molar-refractivity contribution in [2.75, 3.05) is 20.8 Å². The second-order valence-corrected chi connectivity index (χ2v) is 10.1. The highest BCUT2D eigenvalue weighted by Crippen LogP contribution is 2.48. The van der Waals surface area contributed by atoms with Crippen LogP contribution in [-0.4, -0.2) is 46.7 Å². The van der Waals surface area contributed by atoms with Crippen molar-refractivity contribution in [1.82, 2.24) is 14.8 Å². The van der Waals surface area contributed by atoms with Gasteiger partial charge in [-0.25, -0.2) is 4.39 Å². The quantitative estimate of drug-likeness (QED) is 0.363. The standard InChI is InChI=1S/C27H30FN3O4/c1-27(2,14-34-3)25-24(15-5-6-16(9-15)26(32)33)19-12-21-17(13-29-30-21)10-22(19)31(25)18-7-8-20(28)23(11-18)35-4/h7-8,10-13,15-16H,5-6,9,14H2,1-4H3,(H,29,30)(H,32,33)/t15-,16-/m1/s1. The number of carbonyl (C=O) groups is 1. The molecule has 0 aliphatic heterocycles. The molecule has 2 N–H and O–H groups in total. The van der Waals surface area contributed by atoms with E-state index in [1.807, 2.05) is 0 Å². The first-order valence-corrected chi connectivity index (χ1v) is 11.8. The van der Waals surface area contributed by atoms with Gasteiger partial charge in [0.05, 0.1) is 36.9 Å². The summed E-state index contributed by atoms with van der Waals surface area (Å²) in [6, 6.07) is 9.06. The zero-order valence-electron chi connectivity index (χ0n) is 20.4. The Hall–Kier alpha value is -3.39. The average Bonchev–Trinajstić information content (AvgIpc) is 3.54. The summed E-state index contributed by atoms with van der Waals surface area (Å²) >= 11 is 0. The zero-order valence-corrected chi connectivity index (χ0v) is 20.4. The Morgan fingerprint density at radius 3 is 2.74 bits per heavy atom. The number of halogens is 1. The summed E-state index contributed by atoms with van der Waals surface area (Å²) < 4.78 is 27.5. The van der Waals surface area contributed by atoms with Crippen LogP contribution in [0.4, 0.5) is 4.39 Å². The molecule has 1 aliphatic carbocycles. The normalized spacial score (nSPS) is 18.5. The molecular formula is C27H30FN3O4. The SMILES string of the molecule is COCC(C)(C)c1c([C@@H]2CC[C@@H](C(=O)O)C2)c2cc3[nH]ncc3cc2n1-c1ccc(F)c(OC)c1. The molecule has 2 aromatic carbocycles. The van der Waals surface area contributed by atoms with E-state index in [0.29, 0.717) is 19.4 Å². The minimum absolute atomic E-state index is 0.0775. The number of nitrogens with one attached hydrogen (secondary N) is 1. The van der Waals surface area contributed by atoms with E-state index in [1.165, 1.54) is 13.2 Å². The van der Waals surface area contributed by atoms with Gasteiger partial charge < -0.3 is 19.1 Å². The molecule has 184 valence electrons. The van der Waals surface area contributed by atoms with Gasteiger partial charge in [0.2, 0.25) is 0 Å². The van der Waals surface area contributed by atoms with E-state index in [2.05, 4.69) is 40.7 Å². The molecule has 0 bridgehead atoms. The number of methoxy groups -OCH3 is 2. The van der Waals surface area contributed by atoms with Crippen LogP contribution >= 0.6 is 0 Å². The van der Waals surface area contributed by atoms with Crippen LogP contribution in [-0.2, 0) is 14.9 Å². The predicted octanol–water partition coefficient (Wildman–Crippen LogP) is 5.55. The maximum Gasteiger partial charge on any atom is 0.306 e. The molecule has 0 amide bonds. The van der Waals surface area contributed by atoms with E-state index < -0.39 is 17.2 Å². The minimum Gasteiger partial charge on any atom is -0.494 e. The molecule has 1 aliphatic rings. The van der Waals surface area contributed by atoms with Gasteiger partial charge in [-0.2, -0.15) is 5.10 Å². The second kappa shape index (κ2) is 8.68. The lowest BCUT2D eigenvalue weighted by atomic mass is 9.82. The Balaban J connectivity index is 1.87. The predicted molar refractivity (Wildman–Crippen MR) is 132 cm³/mol. The van der Waals surface area contributed by atoms with E-state index >= 15 is 0 Å². The van der Waals surface area contributed by atoms with Crippen molar-refractivity contribution in [3.05, 3.63) is 53.6 Å². The number of H-pyrrole nitrogens is 1. The third kappa shape index (κ3) is 3.86. The first-order chi connectivity index (χ1) is 16.7. The van der Waals surface area contributed by atoms with Crippen LogP contribution in [0.2, 0.25) is 0 Å². The summed E-state index contributed by atoms with van der Waals surface area (Å²) in [5.74, 6) is -1.29. The highest BCUT2D eigenvalue weighted by atomic mass is 19.1. The van der Waals surface area contributed by atoms with Gasteiger partial charge in [-0.05, 0) is 55.0 Å². The first kappa shape index (κ1) is 23.4. The Labute approximate surface area is 202 Å². The maximum absolute atomic E-state index is 14.4. The Bertz CT molecular complexity index is 1420. The molecule has 2 heterocycles. The molecule has 8 heteroatoms. The molecule has 0 saturated heterocycles. The molecule has 0 spiro atoms. The Morgan fingerprint density at radius 2 is 2.06 bits per heavy atom. The van der Waals surface area contributed by atoms with Gasteiger partial charge in [-0.3, -0.25) is 9.89 Å². The number of ether oxygens (including phenoxy) is 2. The van der Waals surface area contributed by atoms with Crippen molar-refractivity contribution in [2.45, 2.75) is 44.4 Å². The summed E-state index contributed by atoms with van der Waals surface area (Å²) in [7, 11) is 3.14. The van der Waals surface area contributed by atoms with Crippen molar-refractivity contribution in [3.8, 4) is 11.4 Å². The summed E-state index contributed by atoms with van der Waals surface area (Å²) in [6.07, 6.45) is 3.80. The van der Waals surface area contributed by atoms with Crippen molar-refractivity contribution < 1.29 is 23.8 Å². The third-order valence-corrected chi connectivity index (χ3v) is 7.30. The molecule has 2 atom stereocenters. The molecule has 0 unspecified atom stereocenters. The van der Waals surface area contributed by atoms with E-state index in [-0.39, 0.29) is 17.6 Å². The van der Waals surface area contributed by atoms with E-state index in [1.54, 1.807) is 25.4 Å². The first-order valence-electron chi connectivity index (χ1n) is 11.8. The van der Waals surface area contributed by atoms with Crippen molar-refractivity contribution >= 4 is 27.8 Å². The minimum atomic E-state index is -0.742. The van der Waals surface area contributed by atoms with Gasteiger partial charge in [0.1, 0.15) is 0 Å². The van der Waals surface area contributed by atoms with Crippen LogP contribution in [0, 0.1) is 11.7 Å². The smallest absolute Gasteiger partial charge is 0.306 e. The van der Waals surface area contributed by atoms with Crippen molar-refractivity contribution in [1.29, 1.82) is 0 Å². The molecule has 4 aromatic rings. The molecule has 1 saturated carbocycles. The van der Waals surface area contributed by atoms with Gasteiger partial charge in [-0.15, -0.1) is 0 Å². The number of hydrogen-bond donors (Lipinski definition) is 2. The molecule has 35 heavy (non-hydrogen) atoms. The van der Waals surface area contributed by atoms with E-state index in [4.69, 9.17) is 9.47 Å². The number of rotatable bonds is 7. The van der Waals surface area contributed by atoms with Crippen LogP contribution in [0.1, 0.15) is 50.3 Å². The fourth-order valence-electron chi connectivity index (χ4n) is 5.78. The summed E-state index contributed by atoms with van der Waals surface area (Å²) in [5.41, 5.74) is 4.40. The second-order valence-electron chi connectivity index (χ2n) is 10.1. The van der Waals surface area contributed by atoms with Crippen LogP contribution in [0.15, 0.2) is 36.5 Å². The lowest BCUT2D eigenvalue weighted by Gasteiger charge is -2.29. The number of aliphatic carboxylic acids is 1. The summed E-state index contributed by atoms with van der Waals surface area (Å²) in [4.78, 5) is 11.8. The number of benzene rings is 2. The lowest BCUT2D eigenvalue weighted by molar-refractivity contribution is -0.141. The summed E-state index contributed by atoms with van der Waals surface area (Å²) in [5, 5.41) is 19.0. The monoisotopic (exact) mass is 479 g/mol. The Morgan fingerprint density at radius 1 is 1.26 bits per heavy atom. The van der Waals surface area contributed by atoms with Crippen molar-refractivity contribution in [3.63, 3.8) is 0 Å². The maximum atomic E-state index is 14.4. The largest absolute Gasteiger partial charge is 0.494 e. The highest BCUT2D eigenvalue weighted by Gasteiger charge is 2.39. The molecule has 5 rings (SSSR count). The molecule has 1 fully saturated rings. The molecule has 0 radical (unpaired) electrons. The van der Waals surface area contributed by atoms with Crippen LogP contribution in [0.25, 0.3) is 27.5 Å². The lowest BCUT2D eigenvalue weighted by Crippen LogP contribution is -2.28. The fourth-order valence-corrected chi connectivity index (χ4v) is 5.78. The number of carboxylic acid groups (broad SMARTS) is 1. The van der Waals surface area contributed by atoms with Crippen LogP contribution in [0.3, 0.4) is 0 Å². The highest BCUT2D eigenvalue weighted by molar-refractivity contribution is 5.99. The van der Waals surface area contributed by atoms with E-state index in [0.717, 1.165) is 45.2 Å². The Kier molecular flexibility index (Phi) is 5.79. The van der Waals surface area contributed by atoms with E-state index in [9.17, 15) is 14.3 Å². The average molecular weight is 480 g/mol. The van der Waals surface area contributed by atoms with Crippen LogP contribution < -0.4 is 4.74 Å². The number of hydrogen-bond acceptors (Lipinski definition) is 4.